The van der Waals surface area contributed by atoms with E-state index < -0.39 is 0 Å². The highest BCUT2D eigenvalue weighted by molar-refractivity contribution is 5.97. The Hall–Kier alpha value is -1.55. The number of nitrogens with one attached hydrogen (secondary N) is 1. The maximum atomic E-state index is 12.3. The lowest BCUT2D eigenvalue weighted by Crippen LogP contribution is -2.46. The van der Waals surface area contributed by atoms with Gasteiger partial charge in [-0.05, 0) is 45.9 Å². The van der Waals surface area contributed by atoms with Gasteiger partial charge in [0.15, 0.2) is 0 Å². The number of para-hydroxylation sites is 2. The zero-order valence-corrected chi connectivity index (χ0v) is 12.3. The molecule has 1 atom stereocenters. The van der Waals surface area contributed by atoms with Crippen molar-refractivity contribution in [2.24, 2.45) is 0 Å². The summed E-state index contributed by atoms with van der Waals surface area (Å²) in [6, 6.07) is 7.49. The fourth-order valence-electron chi connectivity index (χ4n) is 2.16. The number of hydrogen-bond acceptors (Lipinski definition) is 3. The molecule has 0 heterocycles. The zero-order chi connectivity index (χ0) is 14.4. The molecular formula is C15H25N3O. The predicted octanol–water partition coefficient (Wildman–Crippen LogP) is 2.72. The van der Waals surface area contributed by atoms with E-state index in [4.69, 9.17) is 5.73 Å². The standard InChI is InChI=1S/C15H25N3O/c1-5-10-18(11(2)3)12(4)15(19)17-14-9-7-6-8-13(14)16/h6-9,11-12H,5,10,16H2,1-4H3,(H,17,19). The van der Waals surface area contributed by atoms with Crippen molar-refractivity contribution in [2.75, 3.05) is 17.6 Å². The van der Waals surface area contributed by atoms with Gasteiger partial charge in [0.2, 0.25) is 5.91 Å². The van der Waals surface area contributed by atoms with Crippen LogP contribution in [-0.4, -0.2) is 29.4 Å². The van der Waals surface area contributed by atoms with Crippen LogP contribution in [0.2, 0.25) is 0 Å². The van der Waals surface area contributed by atoms with Crippen LogP contribution in [0.5, 0.6) is 0 Å². The van der Waals surface area contributed by atoms with Crippen molar-refractivity contribution in [1.82, 2.24) is 4.90 Å². The smallest absolute Gasteiger partial charge is 0.241 e. The Morgan fingerprint density at radius 2 is 1.95 bits per heavy atom. The molecule has 19 heavy (non-hydrogen) atoms. The number of carbonyl (C=O) groups is 1. The zero-order valence-electron chi connectivity index (χ0n) is 12.3. The van der Waals surface area contributed by atoms with Crippen LogP contribution in [0.3, 0.4) is 0 Å². The normalized spacial score (nSPS) is 12.7. The van der Waals surface area contributed by atoms with E-state index in [2.05, 4.69) is 31.0 Å². The fourth-order valence-corrected chi connectivity index (χ4v) is 2.16. The summed E-state index contributed by atoms with van der Waals surface area (Å²) in [5, 5.41) is 2.90. The summed E-state index contributed by atoms with van der Waals surface area (Å²) in [6.45, 7) is 9.18. The molecule has 0 aromatic heterocycles. The number of nitrogens with zero attached hydrogens (tertiary/aromatic N) is 1. The Labute approximate surface area is 116 Å². The molecule has 0 aliphatic carbocycles. The van der Waals surface area contributed by atoms with Gasteiger partial charge in [-0.15, -0.1) is 0 Å². The first-order chi connectivity index (χ1) is 8.97. The second-order valence-corrected chi connectivity index (χ2v) is 5.08. The van der Waals surface area contributed by atoms with Crippen LogP contribution >= 0.6 is 0 Å². The van der Waals surface area contributed by atoms with Gasteiger partial charge in [-0.2, -0.15) is 0 Å². The quantitative estimate of drug-likeness (QED) is 0.776. The van der Waals surface area contributed by atoms with E-state index in [0.29, 0.717) is 17.4 Å². The molecule has 106 valence electrons. The van der Waals surface area contributed by atoms with Gasteiger partial charge in [-0.25, -0.2) is 0 Å². The molecule has 0 saturated carbocycles. The highest BCUT2D eigenvalue weighted by Crippen LogP contribution is 2.18. The average Bonchev–Trinajstić information content (AvgIpc) is 2.37. The molecule has 1 aromatic rings. The minimum Gasteiger partial charge on any atom is -0.397 e. The van der Waals surface area contributed by atoms with Gasteiger partial charge in [0.1, 0.15) is 0 Å². The number of rotatable bonds is 6. The van der Waals surface area contributed by atoms with Crippen molar-refractivity contribution in [1.29, 1.82) is 0 Å². The Morgan fingerprint density at radius 3 is 2.47 bits per heavy atom. The molecule has 3 N–H and O–H groups in total. The van der Waals surface area contributed by atoms with Crippen molar-refractivity contribution < 1.29 is 4.79 Å². The summed E-state index contributed by atoms with van der Waals surface area (Å²) in [4.78, 5) is 14.5. The van der Waals surface area contributed by atoms with Gasteiger partial charge < -0.3 is 11.1 Å². The molecule has 0 aliphatic heterocycles. The molecule has 1 rings (SSSR count). The molecule has 4 heteroatoms. The summed E-state index contributed by atoms with van der Waals surface area (Å²) in [7, 11) is 0. The van der Waals surface area contributed by atoms with Gasteiger partial charge in [0.25, 0.3) is 0 Å². The van der Waals surface area contributed by atoms with E-state index in [1.54, 1.807) is 6.07 Å². The van der Waals surface area contributed by atoms with E-state index in [9.17, 15) is 4.79 Å². The van der Waals surface area contributed by atoms with Crippen LogP contribution in [0.1, 0.15) is 34.1 Å². The van der Waals surface area contributed by atoms with Crippen molar-refractivity contribution in [3.63, 3.8) is 0 Å². The molecule has 1 aromatic carbocycles. The van der Waals surface area contributed by atoms with Gasteiger partial charge in [0.05, 0.1) is 17.4 Å². The van der Waals surface area contributed by atoms with E-state index in [1.807, 2.05) is 25.1 Å². The molecular weight excluding hydrogens is 238 g/mol. The van der Waals surface area contributed by atoms with Crippen LogP contribution in [0.15, 0.2) is 24.3 Å². The Bertz CT molecular complexity index is 418. The lowest BCUT2D eigenvalue weighted by molar-refractivity contribution is -0.121. The maximum Gasteiger partial charge on any atom is 0.241 e. The first kappa shape index (κ1) is 15.5. The Morgan fingerprint density at radius 1 is 1.32 bits per heavy atom. The van der Waals surface area contributed by atoms with Crippen molar-refractivity contribution >= 4 is 17.3 Å². The highest BCUT2D eigenvalue weighted by atomic mass is 16.2. The number of benzene rings is 1. The summed E-state index contributed by atoms with van der Waals surface area (Å²) < 4.78 is 0. The first-order valence-corrected chi connectivity index (χ1v) is 6.88. The molecule has 0 radical (unpaired) electrons. The third-order valence-electron chi connectivity index (χ3n) is 3.24. The second kappa shape index (κ2) is 7.14. The minimum atomic E-state index is -0.167. The summed E-state index contributed by atoms with van der Waals surface area (Å²) >= 11 is 0. The van der Waals surface area contributed by atoms with Gasteiger partial charge in [-0.3, -0.25) is 9.69 Å². The number of nitrogens with two attached hydrogens (primary N) is 1. The van der Waals surface area contributed by atoms with Crippen LogP contribution in [-0.2, 0) is 4.79 Å². The van der Waals surface area contributed by atoms with E-state index in [-0.39, 0.29) is 11.9 Å². The average molecular weight is 263 g/mol. The van der Waals surface area contributed by atoms with Crippen molar-refractivity contribution in [3.8, 4) is 0 Å². The van der Waals surface area contributed by atoms with Crippen LogP contribution in [0.25, 0.3) is 0 Å². The number of anilines is 2. The summed E-state index contributed by atoms with van der Waals surface area (Å²) in [6.07, 6.45) is 1.03. The van der Waals surface area contributed by atoms with E-state index >= 15 is 0 Å². The number of amides is 1. The predicted molar refractivity (Wildman–Crippen MR) is 81.1 cm³/mol. The minimum absolute atomic E-state index is 0.0138. The van der Waals surface area contributed by atoms with E-state index in [0.717, 1.165) is 13.0 Å². The monoisotopic (exact) mass is 263 g/mol. The molecule has 4 nitrogen and oxygen atoms in total. The largest absolute Gasteiger partial charge is 0.397 e. The van der Waals surface area contributed by atoms with Gasteiger partial charge in [0, 0.05) is 6.04 Å². The molecule has 0 bridgehead atoms. The lowest BCUT2D eigenvalue weighted by atomic mass is 10.1. The molecule has 0 fully saturated rings. The molecule has 0 spiro atoms. The first-order valence-electron chi connectivity index (χ1n) is 6.88. The van der Waals surface area contributed by atoms with Crippen LogP contribution < -0.4 is 11.1 Å². The summed E-state index contributed by atoms with van der Waals surface area (Å²) in [5.74, 6) is -0.0138. The van der Waals surface area contributed by atoms with Crippen LogP contribution in [0, 0.1) is 0 Å². The van der Waals surface area contributed by atoms with Gasteiger partial charge >= 0.3 is 0 Å². The lowest BCUT2D eigenvalue weighted by Gasteiger charge is -2.31. The number of hydrogen-bond donors (Lipinski definition) is 2. The van der Waals surface area contributed by atoms with Gasteiger partial charge in [-0.1, -0.05) is 19.1 Å². The molecule has 1 unspecified atom stereocenters. The second-order valence-electron chi connectivity index (χ2n) is 5.08. The maximum absolute atomic E-state index is 12.3. The fraction of sp³-hybridized carbons (Fsp3) is 0.533. The molecule has 0 saturated heterocycles. The molecule has 0 aliphatic rings. The number of nitrogen functional groups attached to an aromatic ring is 1. The number of carbonyl (C=O) groups excluding carboxylic acids is 1. The highest BCUT2D eigenvalue weighted by Gasteiger charge is 2.23. The SMILES string of the molecule is CCCN(C(C)C)C(C)C(=O)Nc1ccccc1N. The van der Waals surface area contributed by atoms with Crippen molar-refractivity contribution in [3.05, 3.63) is 24.3 Å². The third kappa shape index (κ3) is 4.24. The Balaban J connectivity index is 2.74. The third-order valence-corrected chi connectivity index (χ3v) is 3.24. The van der Waals surface area contributed by atoms with E-state index in [1.165, 1.54) is 0 Å². The van der Waals surface area contributed by atoms with Crippen molar-refractivity contribution in [2.45, 2.75) is 46.2 Å². The van der Waals surface area contributed by atoms with Crippen LogP contribution in [0.4, 0.5) is 11.4 Å². The summed E-state index contributed by atoms with van der Waals surface area (Å²) in [5.41, 5.74) is 7.11. The topological polar surface area (TPSA) is 58.4 Å². The molecule has 1 amide bonds. The Kier molecular flexibility index (Phi) is 5.83.